The Morgan fingerprint density at radius 2 is 2.00 bits per heavy atom. The van der Waals surface area contributed by atoms with Crippen molar-refractivity contribution >= 4 is 0 Å². The van der Waals surface area contributed by atoms with Crippen LogP contribution in [0.15, 0.2) is 36.7 Å². The first-order valence-corrected chi connectivity index (χ1v) is 5.76. The largest absolute Gasteiger partial charge is 0.271 e. The summed E-state index contributed by atoms with van der Waals surface area (Å²) >= 11 is 0. The lowest BCUT2D eigenvalue weighted by molar-refractivity contribution is 0.606. The minimum atomic E-state index is -0.207. The third-order valence-corrected chi connectivity index (χ3v) is 3.06. The predicted octanol–water partition coefficient (Wildman–Crippen LogP) is 2.39. The molecule has 1 aromatic carbocycles. The van der Waals surface area contributed by atoms with Gasteiger partial charge in [-0.25, -0.2) is 9.82 Å². The lowest BCUT2D eigenvalue weighted by Gasteiger charge is -2.19. The van der Waals surface area contributed by atoms with E-state index in [4.69, 9.17) is 5.84 Å². The number of aromatic nitrogens is 1. The fourth-order valence-corrected chi connectivity index (χ4v) is 2.02. The van der Waals surface area contributed by atoms with Crippen LogP contribution in [0.5, 0.6) is 0 Å². The second-order valence-electron chi connectivity index (χ2n) is 4.34. The number of hydrazine groups is 1. The number of rotatable bonds is 3. The van der Waals surface area contributed by atoms with Gasteiger partial charge in [-0.3, -0.25) is 10.8 Å². The Bertz CT molecular complexity index is 554. The van der Waals surface area contributed by atoms with E-state index in [1.165, 1.54) is 6.07 Å². The second kappa shape index (κ2) is 5.25. The number of pyridine rings is 1. The van der Waals surface area contributed by atoms with Gasteiger partial charge in [-0.1, -0.05) is 12.1 Å². The average molecular weight is 245 g/mol. The van der Waals surface area contributed by atoms with Crippen molar-refractivity contribution in [3.63, 3.8) is 0 Å². The molecule has 0 fully saturated rings. The average Bonchev–Trinajstić information content (AvgIpc) is 2.37. The first kappa shape index (κ1) is 12.7. The minimum Gasteiger partial charge on any atom is -0.271 e. The molecule has 0 aliphatic carbocycles. The highest BCUT2D eigenvalue weighted by molar-refractivity contribution is 5.36. The summed E-state index contributed by atoms with van der Waals surface area (Å²) in [5.41, 5.74) is 6.40. The Morgan fingerprint density at radius 1 is 1.22 bits per heavy atom. The maximum Gasteiger partial charge on any atom is 0.126 e. The molecule has 1 unspecified atom stereocenters. The van der Waals surface area contributed by atoms with Crippen LogP contribution in [0.3, 0.4) is 0 Å². The van der Waals surface area contributed by atoms with E-state index in [9.17, 15) is 4.39 Å². The summed E-state index contributed by atoms with van der Waals surface area (Å²) in [6.45, 7) is 3.72. The third kappa shape index (κ3) is 2.39. The molecule has 0 saturated heterocycles. The van der Waals surface area contributed by atoms with Crippen molar-refractivity contribution in [2.24, 2.45) is 5.84 Å². The van der Waals surface area contributed by atoms with Crippen LogP contribution in [0.1, 0.15) is 28.3 Å². The van der Waals surface area contributed by atoms with Gasteiger partial charge in [-0.05, 0) is 48.2 Å². The third-order valence-electron chi connectivity index (χ3n) is 3.06. The van der Waals surface area contributed by atoms with Gasteiger partial charge >= 0.3 is 0 Å². The maximum atomic E-state index is 13.3. The standard InChI is InChI=1S/C14H16FN3/c1-9-7-11(3-4-13(9)15)14(18-16)12-5-6-17-8-10(12)2/h3-8,14,18H,16H2,1-2H3. The molecule has 0 saturated carbocycles. The number of nitrogens with two attached hydrogens (primary N) is 1. The van der Waals surface area contributed by atoms with Crippen LogP contribution in [-0.4, -0.2) is 4.98 Å². The first-order chi connectivity index (χ1) is 8.63. The number of halogens is 1. The van der Waals surface area contributed by atoms with Crippen molar-refractivity contribution in [3.8, 4) is 0 Å². The smallest absolute Gasteiger partial charge is 0.126 e. The molecule has 18 heavy (non-hydrogen) atoms. The summed E-state index contributed by atoms with van der Waals surface area (Å²) in [7, 11) is 0. The van der Waals surface area contributed by atoms with Crippen LogP contribution < -0.4 is 11.3 Å². The zero-order chi connectivity index (χ0) is 13.1. The fourth-order valence-electron chi connectivity index (χ4n) is 2.02. The zero-order valence-corrected chi connectivity index (χ0v) is 10.4. The molecule has 1 aromatic heterocycles. The number of hydrogen-bond donors (Lipinski definition) is 2. The van der Waals surface area contributed by atoms with Gasteiger partial charge in [-0.2, -0.15) is 0 Å². The minimum absolute atomic E-state index is 0.160. The van der Waals surface area contributed by atoms with Crippen LogP contribution in [0.2, 0.25) is 0 Å². The van der Waals surface area contributed by atoms with E-state index in [2.05, 4.69) is 10.4 Å². The number of aryl methyl sites for hydroxylation is 2. The van der Waals surface area contributed by atoms with E-state index < -0.39 is 0 Å². The van der Waals surface area contributed by atoms with E-state index in [0.29, 0.717) is 5.56 Å². The summed E-state index contributed by atoms with van der Waals surface area (Å²) in [6, 6.07) is 6.77. The van der Waals surface area contributed by atoms with E-state index in [-0.39, 0.29) is 11.9 Å². The van der Waals surface area contributed by atoms with Gasteiger partial charge in [0.05, 0.1) is 6.04 Å². The Kier molecular flexibility index (Phi) is 3.69. The van der Waals surface area contributed by atoms with Gasteiger partial charge in [0.2, 0.25) is 0 Å². The molecular weight excluding hydrogens is 229 g/mol. The van der Waals surface area contributed by atoms with Crippen molar-refractivity contribution < 1.29 is 4.39 Å². The van der Waals surface area contributed by atoms with Crippen LogP contribution in [-0.2, 0) is 0 Å². The van der Waals surface area contributed by atoms with E-state index in [1.807, 2.05) is 13.0 Å². The summed E-state index contributed by atoms with van der Waals surface area (Å²) in [5, 5.41) is 0. The summed E-state index contributed by atoms with van der Waals surface area (Å²) < 4.78 is 13.3. The molecule has 1 heterocycles. The van der Waals surface area contributed by atoms with Crippen LogP contribution in [0, 0.1) is 19.7 Å². The number of nitrogens with one attached hydrogen (secondary N) is 1. The SMILES string of the molecule is Cc1cc(C(NN)c2ccncc2C)ccc1F. The van der Waals surface area contributed by atoms with Gasteiger partial charge in [0.15, 0.2) is 0 Å². The van der Waals surface area contributed by atoms with Gasteiger partial charge < -0.3 is 0 Å². The molecule has 4 heteroatoms. The molecule has 94 valence electrons. The lowest BCUT2D eigenvalue weighted by atomic mass is 9.96. The number of benzene rings is 1. The van der Waals surface area contributed by atoms with Crippen molar-refractivity contribution in [3.05, 3.63) is 64.7 Å². The Balaban J connectivity index is 2.45. The van der Waals surface area contributed by atoms with Gasteiger partial charge in [0.1, 0.15) is 5.82 Å². The van der Waals surface area contributed by atoms with Crippen LogP contribution in [0.4, 0.5) is 4.39 Å². The summed E-state index contributed by atoms with van der Waals surface area (Å²) in [5.74, 6) is 5.42. The number of hydrogen-bond acceptors (Lipinski definition) is 3. The first-order valence-electron chi connectivity index (χ1n) is 5.76. The van der Waals surface area contributed by atoms with E-state index >= 15 is 0 Å². The van der Waals surface area contributed by atoms with Crippen molar-refractivity contribution in [1.82, 2.24) is 10.4 Å². The molecule has 0 bridgehead atoms. The molecule has 2 rings (SSSR count). The molecule has 0 aliphatic rings. The Hall–Kier alpha value is -1.78. The van der Waals surface area contributed by atoms with Crippen molar-refractivity contribution in [1.29, 1.82) is 0 Å². The van der Waals surface area contributed by atoms with Gasteiger partial charge in [0, 0.05) is 12.4 Å². The molecule has 0 spiro atoms. The zero-order valence-electron chi connectivity index (χ0n) is 10.4. The van der Waals surface area contributed by atoms with Crippen molar-refractivity contribution in [2.45, 2.75) is 19.9 Å². The molecule has 1 atom stereocenters. The van der Waals surface area contributed by atoms with Gasteiger partial charge in [0.25, 0.3) is 0 Å². The lowest BCUT2D eigenvalue weighted by Crippen LogP contribution is -2.29. The predicted molar refractivity (Wildman–Crippen MR) is 69.3 cm³/mol. The van der Waals surface area contributed by atoms with E-state index in [0.717, 1.165) is 16.7 Å². The quantitative estimate of drug-likeness (QED) is 0.645. The highest BCUT2D eigenvalue weighted by atomic mass is 19.1. The molecule has 3 nitrogen and oxygen atoms in total. The monoisotopic (exact) mass is 245 g/mol. The van der Waals surface area contributed by atoms with E-state index in [1.54, 1.807) is 31.5 Å². The summed E-state index contributed by atoms with van der Waals surface area (Å²) in [4.78, 5) is 4.06. The molecule has 0 amide bonds. The topological polar surface area (TPSA) is 50.9 Å². The molecule has 2 aromatic rings. The van der Waals surface area contributed by atoms with Crippen molar-refractivity contribution in [2.75, 3.05) is 0 Å². The molecule has 3 N–H and O–H groups in total. The fraction of sp³-hybridized carbons (Fsp3) is 0.214. The van der Waals surface area contributed by atoms with Crippen LogP contribution in [0.25, 0.3) is 0 Å². The maximum absolute atomic E-state index is 13.3. The summed E-state index contributed by atoms with van der Waals surface area (Å²) in [6.07, 6.45) is 3.51. The molecule has 0 aliphatic heterocycles. The van der Waals surface area contributed by atoms with Gasteiger partial charge in [-0.15, -0.1) is 0 Å². The second-order valence-corrected chi connectivity index (χ2v) is 4.34. The number of nitrogens with zero attached hydrogens (tertiary/aromatic N) is 1. The highest BCUT2D eigenvalue weighted by Crippen LogP contribution is 2.24. The molecular formula is C14H16FN3. The normalized spacial score (nSPS) is 12.4. The molecule has 0 radical (unpaired) electrons. The van der Waals surface area contributed by atoms with Crippen LogP contribution >= 0.6 is 0 Å². The Labute approximate surface area is 106 Å². The highest BCUT2D eigenvalue weighted by Gasteiger charge is 2.15. The Morgan fingerprint density at radius 3 is 2.61 bits per heavy atom.